The number of carbonyl (C=O) groups is 1. The Kier molecular flexibility index (Phi) is 9.99. The van der Waals surface area contributed by atoms with Crippen molar-refractivity contribution in [2.24, 2.45) is 28.2 Å². The smallest absolute Gasteiger partial charge is 0.261 e. The number of nitrogens with zero attached hydrogens (tertiary/aromatic N) is 6. The number of ether oxygens (including phenoxy) is 2. The summed E-state index contributed by atoms with van der Waals surface area (Å²) >= 11 is 0. The van der Waals surface area contributed by atoms with Crippen LogP contribution in [0.5, 0.6) is 5.75 Å². The van der Waals surface area contributed by atoms with E-state index in [1.165, 1.54) is 19.6 Å². The number of aromatic nitrogens is 3. The summed E-state index contributed by atoms with van der Waals surface area (Å²) in [5, 5.41) is 7.03. The minimum atomic E-state index is -0.392. The summed E-state index contributed by atoms with van der Waals surface area (Å²) in [6, 6.07) is 14.3. The highest BCUT2D eigenvalue weighted by molar-refractivity contribution is 5.98. The average molecular weight is 751 g/mol. The molecule has 0 spiro atoms. The molecule has 5 atom stereocenters. The standard InChI is InChI=1S/C42H51FN8O4/c1-25-23-50(24-38(52)45-25)41(48-35-19-29-18-33(26(35)2)42(29,3)4)46-30-8-10-32-36(20-30)47-39(28-7-11-37(44-22-28)49-14-16-55-17-15-49)51(40(32)53)13-12-27-6-9-31(54-5)21-34(27)43/h6-11,20-22,25-26,29,33,35H,12-19,23-24H2,1-5H3,(H,45,52)(H,46,48)/t25-,26+,29+,33+,35-/m0/s1. The van der Waals surface area contributed by atoms with Gasteiger partial charge in [-0.2, -0.15) is 0 Å². The lowest BCUT2D eigenvalue weighted by atomic mass is 9.45. The average Bonchev–Trinajstić information content (AvgIpc) is 3.18. The van der Waals surface area contributed by atoms with Crippen LogP contribution in [0.2, 0.25) is 0 Å². The largest absolute Gasteiger partial charge is 0.497 e. The van der Waals surface area contributed by atoms with Crippen molar-refractivity contribution in [3.63, 3.8) is 0 Å². The highest BCUT2D eigenvalue weighted by atomic mass is 19.1. The van der Waals surface area contributed by atoms with Crippen LogP contribution in [0.25, 0.3) is 22.3 Å². The molecule has 5 fully saturated rings. The summed E-state index contributed by atoms with van der Waals surface area (Å²) in [6.07, 6.45) is 4.29. The second-order valence-electron chi connectivity index (χ2n) is 16.3. The third kappa shape index (κ3) is 7.26. The monoisotopic (exact) mass is 750 g/mol. The maximum atomic E-state index is 15.0. The Morgan fingerprint density at radius 2 is 1.91 bits per heavy atom. The summed E-state index contributed by atoms with van der Waals surface area (Å²) in [5.41, 5.74) is 2.47. The van der Waals surface area contributed by atoms with Gasteiger partial charge in [-0.1, -0.05) is 26.8 Å². The van der Waals surface area contributed by atoms with Crippen LogP contribution in [-0.4, -0.2) is 89.9 Å². The summed E-state index contributed by atoms with van der Waals surface area (Å²) in [7, 11) is 1.50. The van der Waals surface area contributed by atoms with Crippen molar-refractivity contribution in [2.45, 2.75) is 65.6 Å². The quantitative estimate of drug-likeness (QED) is 0.181. The molecule has 2 aliphatic heterocycles. The summed E-state index contributed by atoms with van der Waals surface area (Å²) in [5.74, 6) is 3.61. The first-order chi connectivity index (χ1) is 26.5. The Morgan fingerprint density at radius 1 is 1.09 bits per heavy atom. The molecule has 2 saturated heterocycles. The molecule has 12 nitrogen and oxygen atoms in total. The Bertz CT molecular complexity index is 2170. The Labute approximate surface area is 321 Å². The topological polar surface area (TPSA) is 126 Å². The van der Waals surface area contributed by atoms with Crippen LogP contribution in [0.1, 0.15) is 46.1 Å². The Hall–Kier alpha value is -5.04. The lowest BCUT2D eigenvalue weighted by molar-refractivity contribution is -0.124. The van der Waals surface area contributed by atoms with Crippen molar-refractivity contribution in [3.8, 4) is 17.1 Å². The fourth-order valence-electron chi connectivity index (χ4n) is 9.18. The Balaban J connectivity index is 1.15. The number of carbonyl (C=O) groups excluding carboxylic acids is 1. The maximum absolute atomic E-state index is 15.0. The summed E-state index contributed by atoms with van der Waals surface area (Å²) < 4.78 is 27.4. The van der Waals surface area contributed by atoms with Crippen LogP contribution >= 0.6 is 0 Å². The zero-order valence-corrected chi connectivity index (χ0v) is 32.3. The van der Waals surface area contributed by atoms with Crippen LogP contribution in [-0.2, 0) is 22.5 Å². The first kappa shape index (κ1) is 36.9. The van der Waals surface area contributed by atoms with Crippen LogP contribution in [0.4, 0.5) is 15.9 Å². The van der Waals surface area contributed by atoms with Crippen LogP contribution < -0.4 is 25.8 Å². The summed E-state index contributed by atoms with van der Waals surface area (Å²) in [6.45, 7) is 12.9. The van der Waals surface area contributed by atoms with Crippen LogP contribution in [0.15, 0.2) is 64.5 Å². The molecule has 2 aromatic carbocycles. The van der Waals surface area contributed by atoms with E-state index in [0.717, 1.165) is 31.0 Å². The van der Waals surface area contributed by atoms with Gasteiger partial charge < -0.3 is 29.9 Å². The molecule has 1 amide bonds. The molecule has 9 rings (SSSR count). The van der Waals surface area contributed by atoms with Crippen molar-refractivity contribution in [3.05, 3.63) is 76.5 Å². The number of anilines is 2. The maximum Gasteiger partial charge on any atom is 0.261 e. The number of piperazine rings is 1. The lowest BCUT2D eigenvalue weighted by Crippen LogP contribution is -2.58. The first-order valence-corrected chi connectivity index (χ1v) is 19.5. The highest BCUT2D eigenvalue weighted by Crippen LogP contribution is 2.61. The number of methoxy groups -OCH3 is 1. The molecule has 2 bridgehead atoms. The van der Waals surface area contributed by atoms with Gasteiger partial charge in [-0.15, -0.1) is 0 Å². The number of halogens is 1. The van der Waals surface area contributed by atoms with E-state index in [1.807, 2.05) is 36.1 Å². The van der Waals surface area contributed by atoms with Gasteiger partial charge in [-0.25, -0.2) is 19.4 Å². The molecule has 0 unspecified atom stereocenters. The molecule has 2 aromatic heterocycles. The number of hydrogen-bond acceptors (Lipinski definition) is 8. The van der Waals surface area contributed by atoms with Crippen molar-refractivity contribution in [1.29, 1.82) is 0 Å². The van der Waals surface area contributed by atoms with Gasteiger partial charge >= 0.3 is 0 Å². The van der Waals surface area contributed by atoms with Gasteiger partial charge in [0.15, 0.2) is 5.96 Å². The number of aryl methyl sites for hydroxylation is 1. The number of benzene rings is 2. The molecule has 290 valence electrons. The van der Waals surface area contributed by atoms with Crippen LogP contribution in [0, 0.1) is 29.0 Å². The van der Waals surface area contributed by atoms with Gasteiger partial charge in [0.1, 0.15) is 23.2 Å². The predicted molar refractivity (Wildman–Crippen MR) is 212 cm³/mol. The Morgan fingerprint density at radius 3 is 2.60 bits per heavy atom. The van der Waals surface area contributed by atoms with Gasteiger partial charge in [0, 0.05) is 55.7 Å². The normalized spacial score (nSPS) is 25.0. The van der Waals surface area contributed by atoms with Crippen molar-refractivity contribution >= 4 is 34.3 Å². The van der Waals surface area contributed by atoms with E-state index >= 15 is 4.39 Å². The number of hydrogen-bond donors (Lipinski definition) is 2. The van der Waals surface area contributed by atoms with Gasteiger partial charge in [0.25, 0.3) is 5.56 Å². The number of rotatable bonds is 8. The number of guanidine groups is 1. The molecular weight excluding hydrogens is 700 g/mol. The molecule has 13 heteroatoms. The molecule has 2 N–H and O–H groups in total. The third-order valence-electron chi connectivity index (χ3n) is 12.6. The first-order valence-electron chi connectivity index (χ1n) is 19.5. The lowest BCUT2D eigenvalue weighted by Gasteiger charge is -2.61. The number of aliphatic imine (C=N–C) groups is 1. The molecule has 3 aliphatic carbocycles. The minimum absolute atomic E-state index is 0.0294. The van der Waals surface area contributed by atoms with E-state index in [2.05, 4.69) is 36.3 Å². The van der Waals surface area contributed by atoms with E-state index in [-0.39, 0.29) is 43.1 Å². The number of amides is 1. The number of morpholine rings is 1. The van der Waals surface area contributed by atoms with E-state index in [9.17, 15) is 9.59 Å². The van der Waals surface area contributed by atoms with Crippen molar-refractivity contribution in [1.82, 2.24) is 24.8 Å². The molecule has 3 saturated carbocycles. The van der Waals surface area contributed by atoms with E-state index in [1.54, 1.807) is 29.0 Å². The van der Waals surface area contributed by atoms with Gasteiger partial charge in [-0.05, 0) is 91.3 Å². The van der Waals surface area contributed by atoms with Crippen molar-refractivity contribution < 1.29 is 18.7 Å². The zero-order valence-electron chi connectivity index (χ0n) is 32.3. The molecule has 4 aromatic rings. The highest BCUT2D eigenvalue weighted by Gasteiger charge is 2.56. The second kappa shape index (κ2) is 14.9. The van der Waals surface area contributed by atoms with Gasteiger partial charge in [0.2, 0.25) is 5.91 Å². The molecule has 4 heterocycles. The predicted octanol–water partition coefficient (Wildman–Crippen LogP) is 5.34. The fraction of sp³-hybridized carbons (Fsp3) is 0.500. The molecule has 5 aliphatic rings. The third-order valence-corrected chi connectivity index (χ3v) is 12.6. The number of nitrogens with one attached hydrogen (secondary N) is 2. The van der Waals surface area contributed by atoms with Crippen LogP contribution in [0.3, 0.4) is 0 Å². The van der Waals surface area contributed by atoms with Gasteiger partial charge in [-0.3, -0.25) is 14.2 Å². The second-order valence-corrected chi connectivity index (χ2v) is 16.3. The minimum Gasteiger partial charge on any atom is -0.497 e. The summed E-state index contributed by atoms with van der Waals surface area (Å²) in [4.78, 5) is 46.5. The number of pyridine rings is 1. The SMILES string of the molecule is COc1ccc(CCn2c(-c3ccc(N4CCOCC4)nc3)nc3cc(NC(=N[C@H]4C[C@H]5C[C@H]([C@H]4C)C5(C)C)N4CC(=O)N[C@@H](C)C4)ccc3c2=O)c(F)c1. The van der Waals surface area contributed by atoms with E-state index in [4.69, 9.17) is 24.4 Å². The van der Waals surface area contributed by atoms with E-state index < -0.39 is 5.82 Å². The van der Waals surface area contributed by atoms with E-state index in [0.29, 0.717) is 82.5 Å². The molecule has 55 heavy (non-hydrogen) atoms. The molecule has 0 radical (unpaired) electrons. The van der Waals surface area contributed by atoms with Gasteiger partial charge in [0.05, 0.1) is 43.8 Å². The van der Waals surface area contributed by atoms with Crippen molar-refractivity contribution in [2.75, 3.05) is 56.7 Å². The number of fused-ring (bicyclic) bond motifs is 3. The fourth-order valence-corrected chi connectivity index (χ4v) is 9.18. The zero-order chi connectivity index (χ0) is 38.4. The molecular formula is C42H51FN8O4.